The number of fused-ring (bicyclic) bond motifs is 1. The summed E-state index contributed by atoms with van der Waals surface area (Å²) in [5.74, 6) is 0.457. The summed E-state index contributed by atoms with van der Waals surface area (Å²) >= 11 is 0. The summed E-state index contributed by atoms with van der Waals surface area (Å²) in [6.07, 6.45) is 3.11. The molecule has 3 rings (SSSR count). The molecule has 3 nitrogen and oxygen atoms in total. The highest BCUT2D eigenvalue weighted by Crippen LogP contribution is 2.44. The van der Waals surface area contributed by atoms with Crippen LogP contribution in [0.5, 0.6) is 0 Å². The summed E-state index contributed by atoms with van der Waals surface area (Å²) in [6.45, 7) is 5.80. The van der Waals surface area contributed by atoms with Gasteiger partial charge in [0, 0.05) is 18.4 Å². The minimum Gasteiger partial charge on any atom is -0.347 e. The van der Waals surface area contributed by atoms with E-state index in [1.807, 2.05) is 0 Å². The maximum absolute atomic E-state index is 6.25. The van der Waals surface area contributed by atoms with Gasteiger partial charge in [0.2, 0.25) is 0 Å². The standard InChI is InChI=1S/C17H25NO2/c1-12(2)17(19-9-10-20-17)11-13-7-8-16(18)15-6-4-3-5-14(13)15/h3-6,12-13,16H,7-11,18H2,1-2H3/t13-,16-/m1/s1. The highest BCUT2D eigenvalue weighted by molar-refractivity contribution is 5.35. The van der Waals surface area contributed by atoms with E-state index in [0.29, 0.717) is 25.0 Å². The maximum atomic E-state index is 6.25. The summed E-state index contributed by atoms with van der Waals surface area (Å²) in [5.41, 5.74) is 8.95. The first-order valence-electron chi connectivity index (χ1n) is 7.75. The van der Waals surface area contributed by atoms with E-state index in [1.165, 1.54) is 11.1 Å². The van der Waals surface area contributed by atoms with Crippen LogP contribution in [0.25, 0.3) is 0 Å². The Bertz CT molecular complexity index is 466. The number of hydrogen-bond acceptors (Lipinski definition) is 3. The van der Waals surface area contributed by atoms with Gasteiger partial charge in [-0.3, -0.25) is 0 Å². The van der Waals surface area contributed by atoms with Crippen LogP contribution in [0.3, 0.4) is 0 Å². The van der Waals surface area contributed by atoms with E-state index < -0.39 is 5.79 Å². The molecular formula is C17H25NO2. The Hall–Kier alpha value is -0.900. The quantitative estimate of drug-likeness (QED) is 0.920. The highest BCUT2D eigenvalue weighted by atomic mass is 16.7. The average molecular weight is 275 g/mol. The first-order chi connectivity index (χ1) is 9.62. The van der Waals surface area contributed by atoms with Crippen molar-refractivity contribution in [2.45, 2.75) is 50.9 Å². The number of nitrogens with two attached hydrogens (primary N) is 1. The third kappa shape index (κ3) is 2.39. The van der Waals surface area contributed by atoms with E-state index in [9.17, 15) is 0 Å². The van der Waals surface area contributed by atoms with Gasteiger partial charge in [-0.2, -0.15) is 0 Å². The molecule has 2 aliphatic rings. The van der Waals surface area contributed by atoms with E-state index >= 15 is 0 Å². The molecule has 2 N–H and O–H groups in total. The van der Waals surface area contributed by atoms with Crippen molar-refractivity contribution in [1.29, 1.82) is 0 Å². The third-order valence-corrected chi connectivity index (χ3v) is 4.85. The number of benzene rings is 1. The fourth-order valence-electron chi connectivity index (χ4n) is 3.62. The van der Waals surface area contributed by atoms with Crippen LogP contribution in [-0.4, -0.2) is 19.0 Å². The molecule has 1 saturated heterocycles. The minimum absolute atomic E-state index is 0.183. The predicted octanol–water partition coefficient (Wildman–Crippen LogP) is 3.35. The zero-order valence-corrected chi connectivity index (χ0v) is 12.5. The van der Waals surface area contributed by atoms with Crippen LogP contribution in [0.2, 0.25) is 0 Å². The van der Waals surface area contributed by atoms with Crippen molar-refractivity contribution in [2.24, 2.45) is 11.7 Å². The molecule has 20 heavy (non-hydrogen) atoms. The van der Waals surface area contributed by atoms with E-state index in [0.717, 1.165) is 19.3 Å². The largest absolute Gasteiger partial charge is 0.347 e. The molecule has 1 aliphatic carbocycles. The Labute approximate surface area is 121 Å². The second-order valence-electron chi connectivity index (χ2n) is 6.38. The van der Waals surface area contributed by atoms with Crippen LogP contribution >= 0.6 is 0 Å². The smallest absolute Gasteiger partial charge is 0.171 e. The lowest BCUT2D eigenvalue weighted by molar-refractivity contribution is -0.195. The van der Waals surface area contributed by atoms with Crippen molar-refractivity contribution in [1.82, 2.24) is 0 Å². The summed E-state index contributed by atoms with van der Waals surface area (Å²) in [5, 5.41) is 0. The van der Waals surface area contributed by atoms with Gasteiger partial charge in [-0.1, -0.05) is 38.1 Å². The molecule has 0 radical (unpaired) electrons. The Balaban J connectivity index is 1.86. The zero-order chi connectivity index (χ0) is 14.2. The van der Waals surface area contributed by atoms with Crippen molar-refractivity contribution >= 4 is 0 Å². The van der Waals surface area contributed by atoms with E-state index in [2.05, 4.69) is 38.1 Å². The van der Waals surface area contributed by atoms with Crippen molar-refractivity contribution < 1.29 is 9.47 Å². The second kappa shape index (κ2) is 5.47. The molecule has 3 heteroatoms. The minimum atomic E-state index is -0.404. The van der Waals surface area contributed by atoms with Crippen molar-refractivity contribution in [3.63, 3.8) is 0 Å². The van der Waals surface area contributed by atoms with Crippen molar-refractivity contribution in [2.75, 3.05) is 13.2 Å². The van der Waals surface area contributed by atoms with Gasteiger partial charge in [-0.25, -0.2) is 0 Å². The molecule has 0 amide bonds. The molecule has 110 valence electrons. The Morgan fingerprint density at radius 3 is 2.45 bits per heavy atom. The molecule has 0 bridgehead atoms. The fourth-order valence-corrected chi connectivity index (χ4v) is 3.62. The van der Waals surface area contributed by atoms with Gasteiger partial charge in [0.05, 0.1) is 13.2 Å². The lowest BCUT2D eigenvalue weighted by Gasteiger charge is -2.38. The first-order valence-corrected chi connectivity index (χ1v) is 7.75. The summed E-state index contributed by atoms with van der Waals surface area (Å²) in [6, 6.07) is 8.78. The molecular weight excluding hydrogens is 250 g/mol. The SMILES string of the molecule is CC(C)C1(C[C@H]2CC[C@@H](N)c3ccccc32)OCCO1. The lowest BCUT2D eigenvalue weighted by Crippen LogP contribution is -2.39. The maximum Gasteiger partial charge on any atom is 0.171 e. The normalized spacial score (nSPS) is 28.6. The van der Waals surface area contributed by atoms with Gasteiger partial charge >= 0.3 is 0 Å². The molecule has 0 unspecified atom stereocenters. The second-order valence-corrected chi connectivity index (χ2v) is 6.38. The molecule has 1 aromatic rings. The fraction of sp³-hybridized carbons (Fsp3) is 0.647. The van der Waals surface area contributed by atoms with E-state index in [1.54, 1.807) is 0 Å². The molecule has 1 heterocycles. The van der Waals surface area contributed by atoms with Gasteiger partial charge < -0.3 is 15.2 Å². The van der Waals surface area contributed by atoms with Crippen LogP contribution in [0.4, 0.5) is 0 Å². The van der Waals surface area contributed by atoms with Gasteiger partial charge in [0.25, 0.3) is 0 Å². The Morgan fingerprint density at radius 1 is 1.15 bits per heavy atom. The molecule has 1 aliphatic heterocycles. The van der Waals surface area contributed by atoms with Crippen LogP contribution < -0.4 is 5.73 Å². The number of rotatable bonds is 3. The predicted molar refractivity (Wildman–Crippen MR) is 79.4 cm³/mol. The zero-order valence-electron chi connectivity index (χ0n) is 12.5. The van der Waals surface area contributed by atoms with Crippen molar-refractivity contribution in [3.8, 4) is 0 Å². The summed E-state index contributed by atoms with van der Waals surface area (Å²) in [7, 11) is 0. The van der Waals surface area contributed by atoms with Gasteiger partial charge in [0.1, 0.15) is 0 Å². The molecule has 0 saturated carbocycles. The molecule has 2 atom stereocenters. The monoisotopic (exact) mass is 275 g/mol. The van der Waals surface area contributed by atoms with Crippen LogP contribution in [0.1, 0.15) is 56.2 Å². The molecule has 1 aromatic carbocycles. The van der Waals surface area contributed by atoms with Crippen molar-refractivity contribution in [3.05, 3.63) is 35.4 Å². The van der Waals surface area contributed by atoms with Crippen LogP contribution in [0, 0.1) is 5.92 Å². The molecule has 0 aromatic heterocycles. The topological polar surface area (TPSA) is 44.5 Å². The third-order valence-electron chi connectivity index (χ3n) is 4.85. The van der Waals surface area contributed by atoms with Gasteiger partial charge in [-0.15, -0.1) is 0 Å². The van der Waals surface area contributed by atoms with Crippen LogP contribution in [-0.2, 0) is 9.47 Å². The Morgan fingerprint density at radius 2 is 1.80 bits per heavy atom. The number of ether oxygens (including phenoxy) is 2. The first kappa shape index (κ1) is 14.1. The average Bonchev–Trinajstić information content (AvgIpc) is 2.92. The molecule has 0 spiro atoms. The van der Waals surface area contributed by atoms with Gasteiger partial charge in [-0.05, 0) is 29.9 Å². The Kier molecular flexibility index (Phi) is 3.85. The van der Waals surface area contributed by atoms with E-state index in [4.69, 9.17) is 15.2 Å². The summed E-state index contributed by atoms with van der Waals surface area (Å²) in [4.78, 5) is 0. The van der Waals surface area contributed by atoms with Crippen LogP contribution in [0.15, 0.2) is 24.3 Å². The lowest BCUT2D eigenvalue weighted by atomic mass is 9.76. The van der Waals surface area contributed by atoms with Gasteiger partial charge in [0.15, 0.2) is 5.79 Å². The number of hydrogen-bond donors (Lipinski definition) is 1. The van der Waals surface area contributed by atoms with E-state index in [-0.39, 0.29) is 6.04 Å². The molecule has 1 fully saturated rings. The highest BCUT2D eigenvalue weighted by Gasteiger charge is 2.43. The summed E-state index contributed by atoms with van der Waals surface area (Å²) < 4.78 is 12.0.